The van der Waals surface area contributed by atoms with Crippen LogP contribution in [0.25, 0.3) is 22.8 Å². The predicted octanol–water partition coefficient (Wildman–Crippen LogP) is 6.31. The van der Waals surface area contributed by atoms with Crippen LogP contribution >= 0.6 is 0 Å². The molecular formula is C26H32N2O7. The van der Waals surface area contributed by atoms with E-state index >= 15 is 0 Å². The van der Waals surface area contributed by atoms with E-state index < -0.39 is 6.16 Å². The Morgan fingerprint density at radius 3 is 2.14 bits per heavy atom. The molecule has 35 heavy (non-hydrogen) atoms. The number of nitrogens with zero attached hydrogens (tertiary/aromatic N) is 2. The van der Waals surface area contributed by atoms with Gasteiger partial charge in [0, 0.05) is 11.1 Å². The van der Waals surface area contributed by atoms with E-state index in [0.717, 1.165) is 19.3 Å². The van der Waals surface area contributed by atoms with E-state index in [1.54, 1.807) is 36.4 Å². The number of aromatic nitrogens is 2. The summed E-state index contributed by atoms with van der Waals surface area (Å²) in [6, 6.07) is 10.2. The van der Waals surface area contributed by atoms with Crippen LogP contribution < -0.4 is 18.9 Å². The standard InChI is InChI=1S/C26H32N2O7/c1-5-6-7-8-9-10-15-33-26(29)34-20-13-11-18(12-14-20)24-27-25(35-28-24)19-16-21(30-2)23(32-4)22(17-19)31-3/h11-14,16-17H,5-10,15H2,1-4H3. The van der Waals surface area contributed by atoms with Crippen LogP contribution in [0.2, 0.25) is 0 Å². The number of rotatable bonds is 13. The van der Waals surface area contributed by atoms with Crippen LogP contribution in [0.3, 0.4) is 0 Å². The lowest BCUT2D eigenvalue weighted by Gasteiger charge is -2.12. The van der Waals surface area contributed by atoms with Gasteiger partial charge in [-0.2, -0.15) is 4.98 Å². The first kappa shape index (κ1) is 25.9. The highest BCUT2D eigenvalue weighted by Gasteiger charge is 2.18. The molecule has 0 saturated carbocycles. The number of ether oxygens (including phenoxy) is 5. The zero-order valence-electron chi connectivity index (χ0n) is 20.7. The van der Waals surface area contributed by atoms with Crippen LogP contribution in [0.1, 0.15) is 45.4 Å². The third-order valence-electron chi connectivity index (χ3n) is 5.37. The minimum absolute atomic E-state index is 0.290. The molecule has 0 unspecified atom stereocenters. The molecule has 1 aromatic heterocycles. The minimum atomic E-state index is -0.712. The third kappa shape index (κ3) is 7.11. The van der Waals surface area contributed by atoms with Gasteiger partial charge in [-0.15, -0.1) is 0 Å². The summed E-state index contributed by atoms with van der Waals surface area (Å²) in [5.41, 5.74) is 1.31. The molecule has 0 aliphatic rings. The third-order valence-corrected chi connectivity index (χ3v) is 5.37. The lowest BCUT2D eigenvalue weighted by molar-refractivity contribution is 0.0973. The molecule has 9 heteroatoms. The highest BCUT2D eigenvalue weighted by Crippen LogP contribution is 2.41. The van der Waals surface area contributed by atoms with Gasteiger partial charge >= 0.3 is 6.16 Å². The topological polar surface area (TPSA) is 102 Å². The molecule has 188 valence electrons. The maximum Gasteiger partial charge on any atom is 0.513 e. The van der Waals surface area contributed by atoms with Gasteiger partial charge in [0.25, 0.3) is 5.89 Å². The second kappa shape index (κ2) is 13.2. The van der Waals surface area contributed by atoms with Crippen molar-refractivity contribution in [1.82, 2.24) is 10.1 Å². The Morgan fingerprint density at radius 2 is 1.51 bits per heavy atom. The van der Waals surface area contributed by atoms with E-state index in [2.05, 4.69) is 17.1 Å². The second-order valence-corrected chi connectivity index (χ2v) is 7.83. The summed E-state index contributed by atoms with van der Waals surface area (Å²) in [7, 11) is 4.61. The molecule has 0 bridgehead atoms. The summed E-state index contributed by atoms with van der Waals surface area (Å²) < 4.78 is 31.9. The first-order valence-electron chi connectivity index (χ1n) is 11.7. The van der Waals surface area contributed by atoms with Gasteiger partial charge in [-0.25, -0.2) is 4.79 Å². The molecule has 0 radical (unpaired) electrons. The van der Waals surface area contributed by atoms with Gasteiger partial charge in [-0.05, 0) is 42.8 Å². The summed E-state index contributed by atoms with van der Waals surface area (Å²) in [5, 5.41) is 4.05. The van der Waals surface area contributed by atoms with Crippen molar-refractivity contribution in [2.75, 3.05) is 27.9 Å². The summed E-state index contributed by atoms with van der Waals surface area (Å²) in [5.74, 6) is 2.47. The molecule has 3 rings (SSSR count). The molecule has 2 aromatic carbocycles. The van der Waals surface area contributed by atoms with Crippen LogP contribution in [-0.2, 0) is 4.74 Å². The lowest BCUT2D eigenvalue weighted by atomic mass is 10.1. The van der Waals surface area contributed by atoms with E-state index in [-0.39, 0.29) is 5.89 Å². The molecule has 0 spiro atoms. The Balaban J connectivity index is 1.58. The van der Waals surface area contributed by atoms with Crippen molar-refractivity contribution < 1.29 is 33.0 Å². The maximum absolute atomic E-state index is 11.9. The average Bonchev–Trinajstić information content (AvgIpc) is 3.38. The van der Waals surface area contributed by atoms with E-state index in [1.165, 1.54) is 40.6 Å². The lowest BCUT2D eigenvalue weighted by Crippen LogP contribution is -2.11. The van der Waals surface area contributed by atoms with Crippen molar-refractivity contribution in [1.29, 1.82) is 0 Å². The van der Waals surface area contributed by atoms with Crippen molar-refractivity contribution in [3.8, 4) is 45.8 Å². The number of hydrogen-bond acceptors (Lipinski definition) is 9. The number of benzene rings is 2. The molecule has 0 aliphatic carbocycles. The zero-order valence-corrected chi connectivity index (χ0v) is 20.7. The Hall–Kier alpha value is -3.75. The van der Waals surface area contributed by atoms with Crippen molar-refractivity contribution in [2.45, 2.75) is 45.4 Å². The molecule has 0 fully saturated rings. The first-order chi connectivity index (χ1) is 17.1. The van der Waals surface area contributed by atoms with Crippen LogP contribution in [0.15, 0.2) is 40.9 Å². The van der Waals surface area contributed by atoms with E-state index in [4.69, 9.17) is 28.2 Å². The van der Waals surface area contributed by atoms with Crippen molar-refractivity contribution >= 4 is 6.16 Å². The van der Waals surface area contributed by atoms with E-state index in [0.29, 0.717) is 46.6 Å². The van der Waals surface area contributed by atoms with E-state index in [9.17, 15) is 4.79 Å². The van der Waals surface area contributed by atoms with Crippen LogP contribution in [-0.4, -0.2) is 44.2 Å². The Kier molecular flexibility index (Phi) is 9.77. The number of carbonyl (C=O) groups excluding carboxylic acids is 1. The van der Waals surface area contributed by atoms with Gasteiger partial charge in [-0.3, -0.25) is 0 Å². The highest BCUT2D eigenvalue weighted by molar-refractivity contribution is 5.68. The van der Waals surface area contributed by atoms with Crippen molar-refractivity contribution in [2.24, 2.45) is 0 Å². The summed E-state index contributed by atoms with van der Waals surface area (Å²) >= 11 is 0. The van der Waals surface area contributed by atoms with Gasteiger partial charge in [0.1, 0.15) is 5.75 Å². The highest BCUT2D eigenvalue weighted by atomic mass is 16.7. The van der Waals surface area contributed by atoms with Gasteiger partial charge in [-0.1, -0.05) is 44.2 Å². The van der Waals surface area contributed by atoms with Gasteiger partial charge < -0.3 is 28.2 Å². The molecule has 0 amide bonds. The van der Waals surface area contributed by atoms with Gasteiger partial charge in [0.2, 0.25) is 11.6 Å². The molecule has 0 saturated heterocycles. The monoisotopic (exact) mass is 484 g/mol. The minimum Gasteiger partial charge on any atom is -0.493 e. The van der Waals surface area contributed by atoms with Crippen LogP contribution in [0, 0.1) is 0 Å². The number of methoxy groups -OCH3 is 3. The molecule has 0 aliphatic heterocycles. The fraction of sp³-hybridized carbons (Fsp3) is 0.423. The molecule has 0 N–H and O–H groups in total. The molecule has 9 nitrogen and oxygen atoms in total. The average molecular weight is 485 g/mol. The number of unbranched alkanes of at least 4 members (excludes halogenated alkanes) is 5. The summed E-state index contributed by atoms with van der Waals surface area (Å²) in [6.07, 6.45) is 6.00. The van der Waals surface area contributed by atoms with Crippen molar-refractivity contribution in [3.05, 3.63) is 36.4 Å². The number of carbonyl (C=O) groups is 1. The van der Waals surface area contributed by atoms with Gasteiger partial charge in [0.05, 0.1) is 27.9 Å². The summed E-state index contributed by atoms with van der Waals surface area (Å²) in [4.78, 5) is 16.4. The number of hydrogen-bond donors (Lipinski definition) is 0. The first-order valence-corrected chi connectivity index (χ1v) is 11.7. The van der Waals surface area contributed by atoms with E-state index in [1.807, 2.05) is 0 Å². The molecule has 0 atom stereocenters. The second-order valence-electron chi connectivity index (χ2n) is 7.83. The smallest absolute Gasteiger partial charge is 0.493 e. The fourth-order valence-corrected chi connectivity index (χ4v) is 3.50. The molecule has 1 heterocycles. The Labute approximate surface area is 205 Å². The fourth-order valence-electron chi connectivity index (χ4n) is 3.50. The largest absolute Gasteiger partial charge is 0.513 e. The Bertz CT molecular complexity index is 1050. The van der Waals surface area contributed by atoms with Gasteiger partial charge in [0.15, 0.2) is 11.5 Å². The normalized spacial score (nSPS) is 10.6. The van der Waals surface area contributed by atoms with Crippen LogP contribution in [0.4, 0.5) is 4.79 Å². The quantitative estimate of drug-likeness (QED) is 0.157. The maximum atomic E-state index is 11.9. The molecule has 3 aromatic rings. The SMILES string of the molecule is CCCCCCCCOC(=O)Oc1ccc(-c2noc(-c3cc(OC)c(OC)c(OC)c3)n2)cc1. The summed E-state index contributed by atoms with van der Waals surface area (Å²) in [6.45, 7) is 2.54. The molecular weight excluding hydrogens is 452 g/mol. The predicted molar refractivity (Wildman–Crippen MR) is 130 cm³/mol. The van der Waals surface area contributed by atoms with Crippen molar-refractivity contribution in [3.63, 3.8) is 0 Å². The van der Waals surface area contributed by atoms with Crippen LogP contribution in [0.5, 0.6) is 23.0 Å². The zero-order chi connectivity index (χ0) is 25.0. The Morgan fingerprint density at radius 1 is 0.857 bits per heavy atom.